The molecule has 0 unspecified atom stereocenters. The van der Waals surface area contributed by atoms with Crippen LogP contribution in [0, 0.1) is 5.82 Å². The van der Waals surface area contributed by atoms with E-state index in [1.165, 1.54) is 17.9 Å². The van der Waals surface area contributed by atoms with Gasteiger partial charge in [0.05, 0.1) is 31.1 Å². The molecule has 0 radical (unpaired) electrons. The number of cyclic esters (lactones) is 1. The van der Waals surface area contributed by atoms with Crippen molar-refractivity contribution in [3.05, 3.63) is 24.0 Å². The first kappa shape index (κ1) is 16.5. The van der Waals surface area contributed by atoms with Gasteiger partial charge in [-0.15, -0.1) is 0 Å². The molecule has 2 aliphatic heterocycles. The minimum atomic E-state index is -0.540. The van der Waals surface area contributed by atoms with Crippen molar-refractivity contribution in [2.24, 2.45) is 0 Å². The average molecular weight is 337 g/mol. The first-order chi connectivity index (χ1) is 11.5. The Bertz CT molecular complexity index is 636. The molecule has 0 aliphatic carbocycles. The third-order valence-corrected chi connectivity index (χ3v) is 3.94. The Hall–Kier alpha value is -2.39. The van der Waals surface area contributed by atoms with Crippen LogP contribution in [0.15, 0.2) is 18.2 Å². The molecule has 0 saturated carbocycles. The highest BCUT2D eigenvalue weighted by Gasteiger charge is 2.32. The molecule has 1 atom stereocenters. The first-order valence-electron chi connectivity index (χ1n) is 7.77. The molecule has 3 rings (SSSR count). The van der Waals surface area contributed by atoms with Gasteiger partial charge in [0.2, 0.25) is 5.91 Å². The fourth-order valence-corrected chi connectivity index (χ4v) is 2.73. The average Bonchev–Trinajstić information content (AvgIpc) is 2.94. The Morgan fingerprint density at radius 3 is 2.96 bits per heavy atom. The Labute approximate surface area is 138 Å². The van der Waals surface area contributed by atoms with Gasteiger partial charge in [-0.2, -0.15) is 0 Å². The van der Waals surface area contributed by atoms with Crippen molar-refractivity contribution in [2.75, 3.05) is 42.6 Å². The van der Waals surface area contributed by atoms with E-state index in [0.717, 1.165) is 0 Å². The Morgan fingerprint density at radius 2 is 2.29 bits per heavy atom. The van der Waals surface area contributed by atoms with E-state index in [2.05, 4.69) is 16.2 Å². The SMILES string of the molecule is CC(=O)NC[C@H]1CN(c2ccc(N3CCNNC3)c(F)c2)C(=O)O1. The summed E-state index contributed by atoms with van der Waals surface area (Å²) in [5, 5.41) is 2.61. The molecular formula is C15H20FN5O3. The molecule has 2 saturated heterocycles. The van der Waals surface area contributed by atoms with Crippen LogP contribution in [0.5, 0.6) is 0 Å². The molecule has 2 fully saturated rings. The third kappa shape index (κ3) is 3.57. The van der Waals surface area contributed by atoms with Crippen LogP contribution in [-0.4, -0.2) is 51.0 Å². The molecule has 8 nitrogen and oxygen atoms in total. The number of nitrogens with one attached hydrogen (secondary N) is 3. The fourth-order valence-electron chi connectivity index (χ4n) is 2.73. The summed E-state index contributed by atoms with van der Waals surface area (Å²) in [4.78, 5) is 26.1. The number of hydrogen-bond donors (Lipinski definition) is 3. The van der Waals surface area contributed by atoms with Gasteiger partial charge >= 0.3 is 6.09 Å². The number of rotatable bonds is 4. The van der Waals surface area contributed by atoms with Crippen molar-refractivity contribution >= 4 is 23.4 Å². The van der Waals surface area contributed by atoms with E-state index in [0.29, 0.717) is 31.1 Å². The van der Waals surface area contributed by atoms with Gasteiger partial charge in [-0.05, 0) is 18.2 Å². The van der Waals surface area contributed by atoms with Crippen LogP contribution in [0.25, 0.3) is 0 Å². The molecular weight excluding hydrogens is 317 g/mol. The second-order valence-corrected chi connectivity index (χ2v) is 5.71. The summed E-state index contributed by atoms with van der Waals surface area (Å²) in [5.41, 5.74) is 6.85. The fraction of sp³-hybridized carbons (Fsp3) is 0.467. The van der Waals surface area contributed by atoms with Crippen molar-refractivity contribution in [1.82, 2.24) is 16.2 Å². The van der Waals surface area contributed by atoms with E-state index < -0.39 is 18.0 Å². The van der Waals surface area contributed by atoms with Crippen LogP contribution in [0.1, 0.15) is 6.92 Å². The van der Waals surface area contributed by atoms with Crippen molar-refractivity contribution in [2.45, 2.75) is 13.0 Å². The maximum atomic E-state index is 14.4. The highest BCUT2D eigenvalue weighted by Crippen LogP contribution is 2.27. The lowest BCUT2D eigenvalue weighted by Gasteiger charge is -2.30. The number of ether oxygens (including phenoxy) is 1. The van der Waals surface area contributed by atoms with Gasteiger partial charge in [0.1, 0.15) is 11.9 Å². The van der Waals surface area contributed by atoms with E-state index >= 15 is 0 Å². The molecule has 1 aromatic carbocycles. The summed E-state index contributed by atoms with van der Waals surface area (Å²) in [6.07, 6.45) is -0.983. The number of amides is 2. The van der Waals surface area contributed by atoms with Gasteiger partial charge < -0.3 is 15.0 Å². The summed E-state index contributed by atoms with van der Waals surface area (Å²) in [7, 11) is 0. The number of anilines is 2. The molecule has 2 aliphatic rings. The number of benzene rings is 1. The van der Waals surface area contributed by atoms with Gasteiger partial charge in [0, 0.05) is 20.0 Å². The van der Waals surface area contributed by atoms with E-state index in [-0.39, 0.29) is 19.0 Å². The van der Waals surface area contributed by atoms with Crippen LogP contribution >= 0.6 is 0 Å². The van der Waals surface area contributed by atoms with Crippen LogP contribution in [0.2, 0.25) is 0 Å². The molecule has 130 valence electrons. The molecule has 24 heavy (non-hydrogen) atoms. The van der Waals surface area contributed by atoms with Crippen molar-refractivity contribution in [1.29, 1.82) is 0 Å². The smallest absolute Gasteiger partial charge is 0.414 e. The number of carbonyl (C=O) groups excluding carboxylic acids is 2. The topological polar surface area (TPSA) is 85.9 Å². The summed E-state index contributed by atoms with van der Waals surface area (Å²) in [5.74, 6) is -0.584. The zero-order valence-corrected chi connectivity index (χ0v) is 13.3. The number of hydrogen-bond acceptors (Lipinski definition) is 6. The predicted octanol–water partition coefficient (Wildman–Crippen LogP) is 0.159. The van der Waals surface area contributed by atoms with E-state index in [1.54, 1.807) is 12.1 Å². The molecule has 2 heterocycles. The number of hydrazine groups is 1. The molecule has 3 N–H and O–H groups in total. The van der Waals surface area contributed by atoms with Gasteiger partial charge in [-0.3, -0.25) is 15.1 Å². The molecule has 2 amide bonds. The van der Waals surface area contributed by atoms with Gasteiger partial charge in [0.25, 0.3) is 0 Å². The lowest BCUT2D eigenvalue weighted by Crippen LogP contribution is -2.52. The van der Waals surface area contributed by atoms with Crippen LogP contribution in [0.4, 0.5) is 20.6 Å². The predicted molar refractivity (Wildman–Crippen MR) is 86.1 cm³/mol. The van der Waals surface area contributed by atoms with Crippen molar-refractivity contribution < 1.29 is 18.7 Å². The molecule has 9 heteroatoms. The highest BCUT2D eigenvalue weighted by atomic mass is 19.1. The van der Waals surface area contributed by atoms with Crippen molar-refractivity contribution in [3.8, 4) is 0 Å². The first-order valence-corrected chi connectivity index (χ1v) is 7.77. The Kier molecular flexibility index (Phi) is 4.81. The molecule has 0 bridgehead atoms. The highest BCUT2D eigenvalue weighted by molar-refractivity contribution is 5.90. The molecule has 1 aromatic rings. The van der Waals surface area contributed by atoms with Gasteiger partial charge in [-0.25, -0.2) is 14.6 Å². The summed E-state index contributed by atoms with van der Waals surface area (Å²) >= 11 is 0. The maximum Gasteiger partial charge on any atom is 0.414 e. The number of nitrogens with zero attached hydrogens (tertiary/aromatic N) is 2. The minimum Gasteiger partial charge on any atom is -0.442 e. The van der Waals surface area contributed by atoms with Crippen LogP contribution in [0.3, 0.4) is 0 Å². The van der Waals surface area contributed by atoms with Gasteiger partial charge in [0.15, 0.2) is 0 Å². The second kappa shape index (κ2) is 7.02. The lowest BCUT2D eigenvalue weighted by molar-refractivity contribution is -0.119. The zero-order valence-electron chi connectivity index (χ0n) is 13.3. The standard InChI is InChI=1S/C15H20FN5O3/c1-10(22)17-7-12-8-21(15(23)24-12)11-2-3-14(13(16)6-11)20-5-4-18-19-9-20/h2-3,6,12,18-19H,4-5,7-9H2,1H3,(H,17,22)/t12-/m0/s1. The second-order valence-electron chi connectivity index (χ2n) is 5.71. The number of halogens is 1. The Morgan fingerprint density at radius 1 is 1.46 bits per heavy atom. The Balaban J connectivity index is 1.69. The van der Waals surface area contributed by atoms with Gasteiger partial charge in [-0.1, -0.05) is 0 Å². The lowest BCUT2D eigenvalue weighted by atomic mass is 10.2. The zero-order chi connectivity index (χ0) is 17.1. The summed E-state index contributed by atoms with van der Waals surface area (Å²) in [6.45, 7) is 3.81. The number of carbonyl (C=O) groups is 2. The third-order valence-electron chi connectivity index (χ3n) is 3.94. The maximum absolute atomic E-state index is 14.4. The summed E-state index contributed by atoms with van der Waals surface area (Å²) < 4.78 is 19.6. The van der Waals surface area contributed by atoms with Crippen molar-refractivity contribution in [3.63, 3.8) is 0 Å². The van der Waals surface area contributed by atoms with E-state index in [1.807, 2.05) is 4.90 Å². The quantitative estimate of drug-likeness (QED) is 0.726. The monoisotopic (exact) mass is 337 g/mol. The normalized spacial score (nSPS) is 20.9. The largest absolute Gasteiger partial charge is 0.442 e. The van der Waals surface area contributed by atoms with Crippen LogP contribution in [-0.2, 0) is 9.53 Å². The summed E-state index contributed by atoms with van der Waals surface area (Å²) in [6, 6.07) is 4.69. The van der Waals surface area contributed by atoms with Crippen LogP contribution < -0.4 is 26.0 Å². The van der Waals surface area contributed by atoms with E-state index in [9.17, 15) is 14.0 Å². The molecule has 0 aromatic heterocycles. The minimum absolute atomic E-state index is 0.190. The van der Waals surface area contributed by atoms with E-state index in [4.69, 9.17) is 4.74 Å². The molecule has 0 spiro atoms.